The van der Waals surface area contributed by atoms with Gasteiger partial charge in [0.05, 0.1) is 22.5 Å². The summed E-state index contributed by atoms with van der Waals surface area (Å²) >= 11 is 1.96. The molecule has 0 fully saturated rings. The minimum Gasteiger partial charge on any atom is -0.388 e. The normalized spacial score (nSPS) is 11.3. The van der Waals surface area contributed by atoms with Crippen molar-refractivity contribution in [3.63, 3.8) is 0 Å². The minimum atomic E-state index is -1.14. The fraction of sp³-hybridized carbons (Fsp3) is 0.235. The second kappa shape index (κ2) is 8.07. The first-order valence-corrected chi connectivity index (χ1v) is 8.40. The van der Waals surface area contributed by atoms with E-state index in [2.05, 4.69) is 10.8 Å². The van der Waals surface area contributed by atoms with Gasteiger partial charge in [0, 0.05) is 3.57 Å². The SMILES string of the molecule is CC(C)(O)CONC(=O)c1cccc(F)c1Nc1ccc(I)cc1F. The first-order valence-electron chi connectivity index (χ1n) is 7.32. The van der Waals surface area contributed by atoms with Crippen LogP contribution in [0.3, 0.4) is 0 Å². The Kier molecular flexibility index (Phi) is 6.31. The first kappa shape index (κ1) is 19.5. The van der Waals surface area contributed by atoms with Crippen molar-refractivity contribution in [2.24, 2.45) is 0 Å². The number of hydrogen-bond acceptors (Lipinski definition) is 4. The van der Waals surface area contributed by atoms with Gasteiger partial charge in [0.25, 0.3) is 5.91 Å². The lowest BCUT2D eigenvalue weighted by Gasteiger charge is -2.18. The molecule has 5 nitrogen and oxygen atoms in total. The molecular weight excluding hydrogens is 445 g/mol. The van der Waals surface area contributed by atoms with Gasteiger partial charge >= 0.3 is 0 Å². The molecule has 0 bridgehead atoms. The van der Waals surface area contributed by atoms with E-state index in [1.165, 1.54) is 38.1 Å². The van der Waals surface area contributed by atoms with Crippen molar-refractivity contribution in [3.8, 4) is 0 Å². The van der Waals surface area contributed by atoms with Crippen LogP contribution in [0.25, 0.3) is 0 Å². The van der Waals surface area contributed by atoms with Crippen LogP contribution in [0.2, 0.25) is 0 Å². The predicted octanol–water partition coefficient (Wildman–Crippen LogP) is 3.75. The highest BCUT2D eigenvalue weighted by Gasteiger charge is 2.18. The Morgan fingerprint density at radius 1 is 1.24 bits per heavy atom. The van der Waals surface area contributed by atoms with Crippen LogP contribution < -0.4 is 10.8 Å². The van der Waals surface area contributed by atoms with E-state index >= 15 is 0 Å². The second-order valence-corrected chi connectivity index (χ2v) is 7.19. The standard InChI is InChI=1S/C17H17F2IN2O3/c1-17(2,24)9-25-22-16(23)11-4-3-5-12(18)15(11)21-14-7-6-10(20)8-13(14)19/h3-8,21,24H,9H2,1-2H3,(H,22,23). The molecule has 0 radical (unpaired) electrons. The first-order chi connectivity index (χ1) is 11.7. The molecule has 0 aliphatic heterocycles. The van der Waals surface area contributed by atoms with E-state index in [1.807, 2.05) is 22.6 Å². The summed E-state index contributed by atoms with van der Waals surface area (Å²) in [5, 5.41) is 12.2. The predicted molar refractivity (Wildman–Crippen MR) is 98.5 cm³/mol. The maximum atomic E-state index is 14.2. The van der Waals surface area contributed by atoms with Gasteiger partial charge in [-0.3, -0.25) is 9.63 Å². The van der Waals surface area contributed by atoms with E-state index in [-0.39, 0.29) is 23.5 Å². The van der Waals surface area contributed by atoms with Crippen LogP contribution in [0.1, 0.15) is 24.2 Å². The number of carbonyl (C=O) groups is 1. The van der Waals surface area contributed by atoms with E-state index in [0.29, 0.717) is 3.57 Å². The summed E-state index contributed by atoms with van der Waals surface area (Å²) in [5.74, 6) is -2.01. The van der Waals surface area contributed by atoms with Crippen molar-refractivity contribution in [2.75, 3.05) is 11.9 Å². The summed E-state index contributed by atoms with van der Waals surface area (Å²) in [6.07, 6.45) is 0. The molecular formula is C17H17F2IN2O3. The molecule has 0 aliphatic carbocycles. The highest BCUT2D eigenvalue weighted by atomic mass is 127. The van der Waals surface area contributed by atoms with Gasteiger partial charge in [0.15, 0.2) is 0 Å². The molecule has 0 saturated carbocycles. The molecule has 8 heteroatoms. The Morgan fingerprint density at radius 2 is 1.96 bits per heavy atom. The zero-order valence-electron chi connectivity index (χ0n) is 13.6. The molecule has 0 aromatic heterocycles. The molecule has 0 unspecified atom stereocenters. The Balaban J connectivity index is 2.22. The number of halogens is 3. The molecule has 3 N–H and O–H groups in total. The number of aliphatic hydroxyl groups is 1. The average molecular weight is 462 g/mol. The van der Waals surface area contributed by atoms with Gasteiger partial charge in [-0.2, -0.15) is 0 Å². The minimum absolute atomic E-state index is 0.0389. The van der Waals surface area contributed by atoms with Crippen molar-refractivity contribution in [3.05, 3.63) is 57.2 Å². The van der Waals surface area contributed by atoms with Crippen LogP contribution in [0, 0.1) is 15.2 Å². The summed E-state index contributed by atoms with van der Waals surface area (Å²) in [5.41, 5.74) is 0.797. The summed E-state index contributed by atoms with van der Waals surface area (Å²) in [4.78, 5) is 17.1. The van der Waals surface area contributed by atoms with E-state index in [1.54, 1.807) is 6.07 Å². The van der Waals surface area contributed by atoms with Gasteiger partial charge in [-0.05, 0) is 66.8 Å². The highest BCUT2D eigenvalue weighted by Crippen LogP contribution is 2.27. The van der Waals surface area contributed by atoms with Gasteiger partial charge in [0.2, 0.25) is 0 Å². The quantitative estimate of drug-likeness (QED) is 0.452. The number of hydroxylamine groups is 1. The molecule has 1 amide bonds. The lowest BCUT2D eigenvalue weighted by atomic mass is 10.1. The summed E-state index contributed by atoms with van der Waals surface area (Å²) < 4.78 is 28.9. The average Bonchev–Trinajstić information content (AvgIpc) is 2.50. The van der Waals surface area contributed by atoms with Crippen molar-refractivity contribution in [1.29, 1.82) is 0 Å². The number of anilines is 2. The van der Waals surface area contributed by atoms with Crippen molar-refractivity contribution in [1.82, 2.24) is 5.48 Å². The van der Waals surface area contributed by atoms with Gasteiger partial charge in [-0.15, -0.1) is 0 Å². The highest BCUT2D eigenvalue weighted by molar-refractivity contribution is 14.1. The number of rotatable bonds is 6. The maximum absolute atomic E-state index is 14.2. The third-order valence-corrected chi connectivity index (χ3v) is 3.71. The Morgan fingerprint density at radius 3 is 2.60 bits per heavy atom. The smallest absolute Gasteiger partial charge is 0.277 e. The maximum Gasteiger partial charge on any atom is 0.277 e. The molecule has 2 rings (SSSR count). The number of hydrogen-bond donors (Lipinski definition) is 3. The molecule has 134 valence electrons. The van der Waals surface area contributed by atoms with E-state index < -0.39 is 23.1 Å². The van der Waals surface area contributed by atoms with Crippen molar-refractivity contribution in [2.45, 2.75) is 19.4 Å². The Hall–Kier alpha value is -1.78. The number of amides is 1. The summed E-state index contributed by atoms with van der Waals surface area (Å²) in [7, 11) is 0. The summed E-state index contributed by atoms with van der Waals surface area (Å²) in [6, 6.07) is 8.28. The molecule has 25 heavy (non-hydrogen) atoms. The fourth-order valence-electron chi connectivity index (χ4n) is 1.90. The second-order valence-electron chi connectivity index (χ2n) is 5.94. The third-order valence-electron chi connectivity index (χ3n) is 3.04. The number of carbonyl (C=O) groups excluding carboxylic acids is 1. The van der Waals surface area contributed by atoms with E-state index in [9.17, 15) is 18.7 Å². The topological polar surface area (TPSA) is 70.6 Å². The summed E-state index contributed by atoms with van der Waals surface area (Å²) in [6.45, 7) is 2.87. The molecule has 0 aliphatic rings. The molecule has 0 atom stereocenters. The van der Waals surface area contributed by atoms with Crippen LogP contribution in [-0.4, -0.2) is 23.2 Å². The molecule has 2 aromatic rings. The zero-order chi connectivity index (χ0) is 18.6. The van der Waals surface area contributed by atoms with Gasteiger partial charge in [0.1, 0.15) is 18.2 Å². The van der Waals surface area contributed by atoms with Crippen LogP contribution in [0.5, 0.6) is 0 Å². The van der Waals surface area contributed by atoms with Crippen molar-refractivity contribution >= 4 is 39.9 Å². The van der Waals surface area contributed by atoms with Crippen LogP contribution in [-0.2, 0) is 4.84 Å². The molecule has 2 aromatic carbocycles. The fourth-order valence-corrected chi connectivity index (χ4v) is 2.35. The number of benzene rings is 2. The van der Waals surface area contributed by atoms with Gasteiger partial charge in [-0.1, -0.05) is 6.07 Å². The van der Waals surface area contributed by atoms with Crippen LogP contribution >= 0.6 is 22.6 Å². The molecule has 0 spiro atoms. The van der Waals surface area contributed by atoms with Gasteiger partial charge in [-0.25, -0.2) is 14.3 Å². The molecule has 0 heterocycles. The van der Waals surface area contributed by atoms with Crippen molar-refractivity contribution < 1.29 is 23.5 Å². The Labute approximate surface area is 157 Å². The number of para-hydroxylation sites is 1. The third kappa shape index (κ3) is 5.62. The van der Waals surface area contributed by atoms with Crippen LogP contribution in [0.4, 0.5) is 20.2 Å². The monoisotopic (exact) mass is 462 g/mol. The largest absolute Gasteiger partial charge is 0.388 e. The lowest BCUT2D eigenvalue weighted by molar-refractivity contribution is -0.0522. The van der Waals surface area contributed by atoms with Gasteiger partial charge < -0.3 is 10.4 Å². The van der Waals surface area contributed by atoms with E-state index in [4.69, 9.17) is 4.84 Å². The zero-order valence-corrected chi connectivity index (χ0v) is 15.7. The number of nitrogens with one attached hydrogen (secondary N) is 2. The Bertz CT molecular complexity index is 779. The molecule has 0 saturated heterocycles. The van der Waals surface area contributed by atoms with Crippen LogP contribution in [0.15, 0.2) is 36.4 Å². The lowest BCUT2D eigenvalue weighted by Crippen LogP contribution is -2.33. The van der Waals surface area contributed by atoms with E-state index in [0.717, 1.165) is 6.07 Å².